The summed E-state index contributed by atoms with van der Waals surface area (Å²) in [5.41, 5.74) is 3.14. The van der Waals surface area contributed by atoms with Crippen LogP contribution in [0.2, 0.25) is 0 Å². The molecule has 1 aliphatic rings. The smallest absolute Gasteiger partial charge is 0.254 e. The summed E-state index contributed by atoms with van der Waals surface area (Å²) in [4.78, 5) is 8.71. The normalized spacial score (nSPS) is 14.1. The molecule has 0 atom stereocenters. The number of pyridine rings is 2. The molecular weight excluding hydrogens is 337 g/mol. The molecule has 3 aromatic rings. The van der Waals surface area contributed by atoms with Crippen LogP contribution in [0.15, 0.2) is 54.7 Å². The monoisotopic (exact) mass is 354 g/mol. The summed E-state index contributed by atoms with van der Waals surface area (Å²) in [6.07, 6.45) is 0.533. The van der Waals surface area contributed by atoms with Gasteiger partial charge in [0.1, 0.15) is 5.69 Å². The number of alkyl halides is 3. The molecule has 0 saturated heterocycles. The van der Waals surface area contributed by atoms with Gasteiger partial charge in [-0.15, -0.1) is 0 Å². The van der Waals surface area contributed by atoms with Gasteiger partial charge in [-0.2, -0.15) is 13.2 Å². The quantitative estimate of drug-likeness (QED) is 0.589. The number of halogens is 3. The van der Waals surface area contributed by atoms with Crippen molar-refractivity contribution in [3.8, 4) is 22.6 Å². The fourth-order valence-corrected chi connectivity index (χ4v) is 3.52. The van der Waals surface area contributed by atoms with E-state index in [9.17, 15) is 13.2 Å². The van der Waals surface area contributed by atoms with E-state index in [0.29, 0.717) is 11.4 Å². The molecule has 132 valence electrons. The molecule has 0 bridgehead atoms. The van der Waals surface area contributed by atoms with E-state index in [2.05, 4.69) is 9.97 Å². The van der Waals surface area contributed by atoms with E-state index < -0.39 is 11.7 Å². The highest BCUT2D eigenvalue weighted by Gasteiger charge is 2.35. The average molecular weight is 354 g/mol. The topological polar surface area (TPSA) is 25.8 Å². The van der Waals surface area contributed by atoms with Crippen molar-refractivity contribution < 1.29 is 13.2 Å². The van der Waals surface area contributed by atoms with Crippen LogP contribution in [-0.4, -0.2) is 9.97 Å². The van der Waals surface area contributed by atoms with Gasteiger partial charge in [0.15, 0.2) is 0 Å². The van der Waals surface area contributed by atoms with Crippen LogP contribution in [0.3, 0.4) is 0 Å². The van der Waals surface area contributed by atoms with Crippen molar-refractivity contribution in [2.75, 3.05) is 0 Å². The molecule has 1 aliphatic carbocycles. The summed E-state index contributed by atoms with van der Waals surface area (Å²) >= 11 is 0. The lowest BCUT2D eigenvalue weighted by Crippen LogP contribution is -2.12. The SMILES string of the molecule is FC(F)(F)c1cccnc1-c1nc(-c2ccccc2)cc2c1CCCC2. The molecule has 4 rings (SSSR count). The third-order valence-corrected chi connectivity index (χ3v) is 4.75. The summed E-state index contributed by atoms with van der Waals surface area (Å²) in [5.74, 6) is 0. The number of aryl methyl sites for hydroxylation is 1. The Morgan fingerprint density at radius 3 is 2.38 bits per heavy atom. The highest BCUT2D eigenvalue weighted by molar-refractivity contribution is 5.71. The second-order valence-electron chi connectivity index (χ2n) is 6.46. The molecule has 5 heteroatoms. The lowest BCUT2D eigenvalue weighted by Gasteiger charge is -2.21. The Hall–Kier alpha value is -2.69. The Morgan fingerprint density at radius 1 is 0.846 bits per heavy atom. The van der Waals surface area contributed by atoms with Gasteiger partial charge in [-0.05, 0) is 55.0 Å². The highest BCUT2D eigenvalue weighted by Crippen LogP contribution is 2.39. The summed E-state index contributed by atoms with van der Waals surface area (Å²) in [5, 5.41) is 0. The Labute approximate surface area is 149 Å². The molecule has 2 heterocycles. The van der Waals surface area contributed by atoms with Gasteiger partial charge in [-0.25, -0.2) is 4.98 Å². The maximum absolute atomic E-state index is 13.5. The molecule has 0 N–H and O–H groups in total. The largest absolute Gasteiger partial charge is 0.418 e. The van der Waals surface area contributed by atoms with Gasteiger partial charge in [0.2, 0.25) is 0 Å². The molecule has 0 saturated carbocycles. The van der Waals surface area contributed by atoms with E-state index in [1.165, 1.54) is 12.3 Å². The van der Waals surface area contributed by atoms with Crippen LogP contribution < -0.4 is 0 Å². The number of hydrogen-bond acceptors (Lipinski definition) is 2. The molecule has 2 nitrogen and oxygen atoms in total. The minimum atomic E-state index is -4.46. The summed E-state index contributed by atoms with van der Waals surface area (Å²) < 4.78 is 40.6. The zero-order valence-corrected chi connectivity index (χ0v) is 14.1. The van der Waals surface area contributed by atoms with E-state index in [4.69, 9.17) is 0 Å². The first-order valence-corrected chi connectivity index (χ1v) is 8.65. The standard InChI is InChI=1S/C21H17F3N2/c22-21(23,24)17-11-6-12-25-20(17)19-16-10-5-4-9-15(16)13-18(26-19)14-7-2-1-3-8-14/h1-3,6-8,11-13H,4-5,9-10H2. The molecule has 0 amide bonds. The third-order valence-electron chi connectivity index (χ3n) is 4.75. The lowest BCUT2D eigenvalue weighted by atomic mass is 9.88. The van der Waals surface area contributed by atoms with E-state index in [-0.39, 0.29) is 5.69 Å². The minimum absolute atomic E-state index is 0.0732. The second-order valence-corrected chi connectivity index (χ2v) is 6.46. The summed E-state index contributed by atoms with van der Waals surface area (Å²) in [7, 11) is 0. The lowest BCUT2D eigenvalue weighted by molar-refractivity contribution is -0.137. The van der Waals surface area contributed by atoms with Gasteiger partial charge in [-0.3, -0.25) is 4.98 Å². The first-order chi connectivity index (χ1) is 12.5. The van der Waals surface area contributed by atoms with Crippen molar-refractivity contribution in [2.24, 2.45) is 0 Å². The van der Waals surface area contributed by atoms with Crippen LogP contribution in [0.4, 0.5) is 13.2 Å². The van der Waals surface area contributed by atoms with Crippen molar-refractivity contribution in [3.05, 3.63) is 71.4 Å². The number of fused-ring (bicyclic) bond motifs is 1. The van der Waals surface area contributed by atoms with Gasteiger partial charge in [-0.1, -0.05) is 30.3 Å². The summed E-state index contributed by atoms with van der Waals surface area (Å²) in [6.45, 7) is 0. The third kappa shape index (κ3) is 3.09. The van der Waals surface area contributed by atoms with Crippen LogP contribution in [0.1, 0.15) is 29.5 Å². The molecule has 0 unspecified atom stereocenters. The predicted molar refractivity (Wildman–Crippen MR) is 94.5 cm³/mol. The molecule has 0 spiro atoms. The van der Waals surface area contributed by atoms with E-state index in [0.717, 1.165) is 48.4 Å². The first kappa shape index (κ1) is 16.8. The predicted octanol–water partition coefficient (Wildman–Crippen LogP) is 5.71. The Morgan fingerprint density at radius 2 is 1.62 bits per heavy atom. The number of benzene rings is 1. The average Bonchev–Trinajstić information content (AvgIpc) is 2.67. The van der Waals surface area contributed by atoms with Gasteiger partial charge in [0, 0.05) is 11.8 Å². The fraction of sp³-hybridized carbons (Fsp3) is 0.238. The van der Waals surface area contributed by atoms with Crippen LogP contribution >= 0.6 is 0 Å². The van der Waals surface area contributed by atoms with Crippen molar-refractivity contribution in [1.82, 2.24) is 9.97 Å². The Bertz CT molecular complexity index is 934. The molecule has 1 aromatic carbocycles. The maximum Gasteiger partial charge on any atom is 0.418 e. The highest BCUT2D eigenvalue weighted by atomic mass is 19.4. The van der Waals surface area contributed by atoms with E-state index >= 15 is 0 Å². The van der Waals surface area contributed by atoms with Crippen LogP contribution in [-0.2, 0) is 19.0 Å². The molecule has 0 fully saturated rings. The van der Waals surface area contributed by atoms with Crippen molar-refractivity contribution in [3.63, 3.8) is 0 Å². The van der Waals surface area contributed by atoms with Crippen LogP contribution in [0, 0.1) is 0 Å². The van der Waals surface area contributed by atoms with Gasteiger partial charge >= 0.3 is 6.18 Å². The number of hydrogen-bond donors (Lipinski definition) is 0. The van der Waals surface area contributed by atoms with Crippen molar-refractivity contribution in [1.29, 1.82) is 0 Å². The molecule has 0 aliphatic heterocycles. The van der Waals surface area contributed by atoms with Gasteiger partial charge in [0.05, 0.1) is 17.0 Å². The number of nitrogens with zero attached hydrogens (tertiary/aromatic N) is 2. The minimum Gasteiger partial charge on any atom is -0.254 e. The van der Waals surface area contributed by atoms with E-state index in [1.54, 1.807) is 0 Å². The molecule has 26 heavy (non-hydrogen) atoms. The second kappa shape index (κ2) is 6.56. The number of rotatable bonds is 2. The van der Waals surface area contributed by atoms with E-state index in [1.807, 2.05) is 36.4 Å². The Balaban J connectivity index is 1.97. The first-order valence-electron chi connectivity index (χ1n) is 8.65. The zero-order chi connectivity index (χ0) is 18.1. The maximum atomic E-state index is 13.5. The Kier molecular flexibility index (Phi) is 4.23. The molecule has 0 radical (unpaired) electrons. The van der Waals surface area contributed by atoms with Crippen molar-refractivity contribution >= 4 is 0 Å². The molecular formula is C21H17F3N2. The van der Waals surface area contributed by atoms with Gasteiger partial charge < -0.3 is 0 Å². The molecule has 2 aromatic heterocycles. The van der Waals surface area contributed by atoms with Crippen LogP contribution in [0.5, 0.6) is 0 Å². The van der Waals surface area contributed by atoms with Crippen molar-refractivity contribution in [2.45, 2.75) is 31.9 Å². The zero-order valence-electron chi connectivity index (χ0n) is 14.1. The number of aromatic nitrogens is 2. The summed E-state index contributed by atoms with van der Waals surface area (Å²) in [6, 6.07) is 14.0. The fourth-order valence-electron chi connectivity index (χ4n) is 3.52. The van der Waals surface area contributed by atoms with Crippen LogP contribution in [0.25, 0.3) is 22.6 Å². The van der Waals surface area contributed by atoms with Gasteiger partial charge in [0.25, 0.3) is 0 Å².